The van der Waals surface area contributed by atoms with E-state index in [-0.39, 0.29) is 18.4 Å². The molecule has 162 valence electrons. The minimum absolute atomic E-state index is 0.154. The van der Waals surface area contributed by atoms with Crippen LogP contribution in [0.4, 0.5) is 0 Å². The third kappa shape index (κ3) is 6.09. The third-order valence-electron chi connectivity index (χ3n) is 6.68. The Morgan fingerprint density at radius 1 is 1.10 bits per heavy atom. The predicted octanol–water partition coefficient (Wildman–Crippen LogP) is 5.48. The lowest BCUT2D eigenvalue weighted by Gasteiger charge is -2.41. The maximum absolute atomic E-state index is 11.4. The summed E-state index contributed by atoms with van der Waals surface area (Å²) in [5.74, 6) is 1.29. The highest BCUT2D eigenvalue weighted by atomic mass is 16.5. The van der Waals surface area contributed by atoms with Gasteiger partial charge in [0, 0.05) is 18.5 Å². The summed E-state index contributed by atoms with van der Waals surface area (Å²) >= 11 is 0. The number of hydrogen-bond donors (Lipinski definition) is 2. The molecule has 2 unspecified atom stereocenters. The van der Waals surface area contributed by atoms with E-state index in [0.29, 0.717) is 17.9 Å². The summed E-state index contributed by atoms with van der Waals surface area (Å²) in [5.41, 5.74) is 2.61. The first kappa shape index (κ1) is 22.4. The summed E-state index contributed by atoms with van der Waals surface area (Å²) in [4.78, 5) is 11.4. The number of carboxylic acids is 1. The number of nitrogens with one attached hydrogen (secondary N) is 1. The Bertz CT molecular complexity index is 790. The van der Waals surface area contributed by atoms with E-state index in [1.807, 2.05) is 18.2 Å². The van der Waals surface area contributed by atoms with Crippen LogP contribution in [0.5, 0.6) is 5.75 Å². The van der Waals surface area contributed by atoms with E-state index < -0.39 is 5.97 Å². The van der Waals surface area contributed by atoms with Gasteiger partial charge >= 0.3 is 5.97 Å². The molecule has 2 aromatic carbocycles. The number of rotatable bonds is 9. The zero-order chi connectivity index (χ0) is 21.5. The first-order valence-corrected chi connectivity index (χ1v) is 11.1. The van der Waals surface area contributed by atoms with Crippen molar-refractivity contribution >= 4 is 5.97 Å². The number of methoxy groups -OCH3 is 1. The van der Waals surface area contributed by atoms with Crippen LogP contribution in [-0.4, -0.2) is 24.2 Å². The largest absolute Gasteiger partial charge is 0.497 e. The van der Waals surface area contributed by atoms with Gasteiger partial charge in [-0.15, -0.1) is 0 Å². The summed E-state index contributed by atoms with van der Waals surface area (Å²) in [6.07, 6.45) is 4.60. The fourth-order valence-corrected chi connectivity index (χ4v) is 5.00. The molecule has 2 N–H and O–H groups in total. The summed E-state index contributed by atoms with van der Waals surface area (Å²) in [7, 11) is 1.69. The second-order valence-electron chi connectivity index (χ2n) is 8.88. The lowest BCUT2D eigenvalue weighted by atomic mass is 9.70. The van der Waals surface area contributed by atoms with Crippen LogP contribution in [0.3, 0.4) is 0 Å². The van der Waals surface area contributed by atoms with Crippen LogP contribution in [0.25, 0.3) is 0 Å². The minimum Gasteiger partial charge on any atom is -0.497 e. The normalized spacial score (nSPS) is 23.5. The van der Waals surface area contributed by atoms with Crippen LogP contribution >= 0.6 is 0 Å². The molecule has 4 nitrogen and oxygen atoms in total. The predicted molar refractivity (Wildman–Crippen MR) is 121 cm³/mol. The molecule has 1 aliphatic carbocycles. The van der Waals surface area contributed by atoms with Gasteiger partial charge in [0.05, 0.1) is 7.11 Å². The van der Waals surface area contributed by atoms with E-state index in [1.165, 1.54) is 17.5 Å². The van der Waals surface area contributed by atoms with Crippen molar-refractivity contribution in [2.24, 2.45) is 17.8 Å². The van der Waals surface area contributed by atoms with E-state index in [0.717, 1.165) is 25.0 Å². The molecule has 0 aliphatic heterocycles. The SMILES string of the molecule is COc1ccc(C[C@H]2CC[C@@H](NC(C)c3ccccc3)[C@@H](C(C)CC(=O)O)C2)cc1. The molecule has 0 saturated heterocycles. The Kier molecular flexibility index (Phi) is 7.92. The second kappa shape index (κ2) is 10.6. The molecule has 4 heteroatoms. The molecular weight excluding hydrogens is 374 g/mol. The molecule has 5 atom stereocenters. The van der Waals surface area contributed by atoms with Gasteiger partial charge in [0.25, 0.3) is 0 Å². The van der Waals surface area contributed by atoms with E-state index >= 15 is 0 Å². The molecule has 0 radical (unpaired) electrons. The number of hydrogen-bond acceptors (Lipinski definition) is 3. The van der Waals surface area contributed by atoms with Crippen LogP contribution in [0.1, 0.15) is 56.7 Å². The maximum Gasteiger partial charge on any atom is 0.303 e. The zero-order valence-electron chi connectivity index (χ0n) is 18.4. The number of ether oxygens (including phenoxy) is 1. The molecule has 3 rings (SSSR count). The van der Waals surface area contributed by atoms with E-state index in [2.05, 4.69) is 55.6 Å². The number of benzene rings is 2. The molecule has 0 spiro atoms. The fourth-order valence-electron chi connectivity index (χ4n) is 5.00. The highest BCUT2D eigenvalue weighted by Crippen LogP contribution is 2.38. The lowest BCUT2D eigenvalue weighted by molar-refractivity contribution is -0.138. The second-order valence-corrected chi connectivity index (χ2v) is 8.88. The van der Waals surface area contributed by atoms with Gasteiger partial charge in [-0.25, -0.2) is 0 Å². The molecule has 1 aliphatic rings. The van der Waals surface area contributed by atoms with Gasteiger partial charge in [-0.2, -0.15) is 0 Å². The summed E-state index contributed by atoms with van der Waals surface area (Å²) in [5, 5.41) is 13.2. The third-order valence-corrected chi connectivity index (χ3v) is 6.68. The van der Waals surface area contributed by atoms with Crippen molar-refractivity contribution in [2.75, 3.05) is 7.11 Å². The number of aliphatic carboxylic acids is 1. The maximum atomic E-state index is 11.4. The number of carboxylic acid groups (broad SMARTS) is 1. The average molecular weight is 410 g/mol. The Morgan fingerprint density at radius 2 is 1.80 bits per heavy atom. The van der Waals surface area contributed by atoms with Crippen molar-refractivity contribution in [1.29, 1.82) is 0 Å². The monoisotopic (exact) mass is 409 g/mol. The van der Waals surface area contributed by atoms with Crippen molar-refractivity contribution < 1.29 is 14.6 Å². The summed E-state index contributed by atoms with van der Waals surface area (Å²) in [6.45, 7) is 4.31. The topological polar surface area (TPSA) is 58.6 Å². The lowest BCUT2D eigenvalue weighted by Crippen LogP contribution is -2.45. The van der Waals surface area contributed by atoms with Crippen LogP contribution in [0.15, 0.2) is 54.6 Å². The summed E-state index contributed by atoms with van der Waals surface area (Å²) < 4.78 is 5.27. The molecule has 0 aromatic heterocycles. The summed E-state index contributed by atoms with van der Waals surface area (Å²) in [6, 6.07) is 19.4. The van der Waals surface area contributed by atoms with Gasteiger partial charge in [-0.3, -0.25) is 4.79 Å². The van der Waals surface area contributed by atoms with Crippen LogP contribution in [0.2, 0.25) is 0 Å². The molecule has 0 bridgehead atoms. The quantitative estimate of drug-likeness (QED) is 0.575. The highest BCUT2D eigenvalue weighted by molar-refractivity contribution is 5.67. The smallest absolute Gasteiger partial charge is 0.303 e. The average Bonchev–Trinajstić information content (AvgIpc) is 2.75. The first-order chi connectivity index (χ1) is 14.5. The van der Waals surface area contributed by atoms with Crippen molar-refractivity contribution in [2.45, 2.75) is 58.0 Å². The van der Waals surface area contributed by atoms with Gasteiger partial charge in [-0.1, -0.05) is 49.4 Å². The van der Waals surface area contributed by atoms with Crippen molar-refractivity contribution in [3.8, 4) is 5.75 Å². The molecule has 1 saturated carbocycles. The van der Waals surface area contributed by atoms with Crippen LogP contribution in [-0.2, 0) is 11.2 Å². The van der Waals surface area contributed by atoms with Gasteiger partial charge in [0.2, 0.25) is 0 Å². The molecule has 1 fully saturated rings. The fraction of sp³-hybridized carbons (Fsp3) is 0.500. The van der Waals surface area contributed by atoms with Crippen LogP contribution in [0, 0.1) is 17.8 Å². The van der Waals surface area contributed by atoms with Gasteiger partial charge in [-0.05, 0) is 73.6 Å². The Hall–Kier alpha value is -2.33. The Balaban J connectivity index is 1.68. The van der Waals surface area contributed by atoms with E-state index in [4.69, 9.17) is 4.74 Å². The van der Waals surface area contributed by atoms with Gasteiger partial charge in [0.1, 0.15) is 5.75 Å². The molecule has 2 aromatic rings. The molecule has 0 heterocycles. The molecule has 0 amide bonds. The van der Waals surface area contributed by atoms with Gasteiger partial charge < -0.3 is 15.2 Å². The highest BCUT2D eigenvalue weighted by Gasteiger charge is 2.35. The van der Waals surface area contributed by atoms with Gasteiger partial charge in [0.15, 0.2) is 0 Å². The number of carbonyl (C=O) groups is 1. The Morgan fingerprint density at radius 3 is 2.43 bits per heavy atom. The van der Waals surface area contributed by atoms with Crippen LogP contribution < -0.4 is 10.1 Å². The van der Waals surface area contributed by atoms with E-state index in [9.17, 15) is 9.90 Å². The molecule has 30 heavy (non-hydrogen) atoms. The van der Waals surface area contributed by atoms with Crippen molar-refractivity contribution in [3.05, 3.63) is 65.7 Å². The Labute approximate surface area is 180 Å². The first-order valence-electron chi connectivity index (χ1n) is 11.1. The van der Waals surface area contributed by atoms with E-state index in [1.54, 1.807) is 7.11 Å². The zero-order valence-corrected chi connectivity index (χ0v) is 18.4. The van der Waals surface area contributed by atoms with Crippen molar-refractivity contribution in [1.82, 2.24) is 5.32 Å². The van der Waals surface area contributed by atoms with Crippen molar-refractivity contribution in [3.63, 3.8) is 0 Å². The molecular formula is C26H35NO3. The minimum atomic E-state index is -0.699. The standard InChI is InChI=1S/C26H35NO3/c1-18(15-26(28)29)24-17-21(16-20-9-12-23(30-3)13-10-20)11-14-25(24)27-19(2)22-7-5-4-6-8-22/h4-10,12-13,18-19,21,24-25,27H,11,14-17H2,1-3H3,(H,28,29)/t18?,19?,21-,24-,25-/m1/s1.